The minimum atomic E-state index is -0.678. The molecular formula is C25H37NO4. The summed E-state index contributed by atoms with van der Waals surface area (Å²) in [6, 6.07) is 6.55. The van der Waals surface area contributed by atoms with E-state index in [2.05, 4.69) is 6.08 Å². The van der Waals surface area contributed by atoms with Crippen molar-refractivity contribution in [1.82, 2.24) is 0 Å². The van der Waals surface area contributed by atoms with Crippen LogP contribution in [0.5, 0.6) is 0 Å². The number of aliphatic carboxylic acids is 1. The molecule has 0 atom stereocenters. The molecule has 0 aliphatic rings. The van der Waals surface area contributed by atoms with Crippen molar-refractivity contribution in [3.63, 3.8) is 0 Å². The van der Waals surface area contributed by atoms with Crippen LogP contribution >= 0.6 is 0 Å². The second kappa shape index (κ2) is 17.4. The van der Waals surface area contributed by atoms with Crippen molar-refractivity contribution in [1.29, 1.82) is 0 Å². The fourth-order valence-electron chi connectivity index (χ4n) is 3.35. The van der Waals surface area contributed by atoms with Gasteiger partial charge in [0.05, 0.1) is 4.92 Å². The molecule has 0 saturated heterocycles. The molecule has 30 heavy (non-hydrogen) atoms. The van der Waals surface area contributed by atoms with Gasteiger partial charge in [0, 0.05) is 18.6 Å². The minimum Gasteiger partial charge on any atom is -0.481 e. The van der Waals surface area contributed by atoms with E-state index < -0.39 is 5.97 Å². The van der Waals surface area contributed by atoms with Gasteiger partial charge in [0.25, 0.3) is 5.69 Å². The highest BCUT2D eigenvalue weighted by Crippen LogP contribution is 2.14. The zero-order valence-corrected chi connectivity index (χ0v) is 18.1. The second-order valence-corrected chi connectivity index (χ2v) is 7.81. The molecule has 1 aromatic carbocycles. The molecule has 0 aromatic heterocycles. The van der Waals surface area contributed by atoms with Crippen molar-refractivity contribution in [3.05, 3.63) is 58.2 Å². The molecule has 0 aliphatic carbocycles. The molecule has 5 heteroatoms. The third kappa shape index (κ3) is 14.6. The lowest BCUT2D eigenvalue weighted by Gasteiger charge is -2.02. The van der Waals surface area contributed by atoms with Gasteiger partial charge in [0.1, 0.15) is 0 Å². The lowest BCUT2D eigenvalue weighted by Crippen LogP contribution is -1.93. The first-order valence-corrected chi connectivity index (χ1v) is 11.4. The quantitative estimate of drug-likeness (QED) is 0.115. The maximum absolute atomic E-state index is 10.6. The van der Waals surface area contributed by atoms with E-state index in [4.69, 9.17) is 5.11 Å². The molecule has 1 aromatic rings. The number of non-ortho nitro benzene ring substituents is 1. The van der Waals surface area contributed by atoms with E-state index in [1.165, 1.54) is 76.3 Å². The molecule has 0 fully saturated rings. The third-order valence-electron chi connectivity index (χ3n) is 5.15. The van der Waals surface area contributed by atoms with Crippen LogP contribution in [0.25, 0.3) is 6.08 Å². The number of rotatable bonds is 18. The number of benzene rings is 1. The lowest BCUT2D eigenvalue weighted by atomic mass is 10.0. The molecule has 1 rings (SSSR count). The monoisotopic (exact) mass is 415 g/mol. The van der Waals surface area contributed by atoms with Crippen LogP contribution in [-0.4, -0.2) is 16.0 Å². The molecule has 166 valence electrons. The van der Waals surface area contributed by atoms with Gasteiger partial charge in [-0.15, -0.1) is 0 Å². The summed E-state index contributed by atoms with van der Waals surface area (Å²) in [5.74, 6) is -0.678. The fraction of sp³-hybridized carbons (Fsp3) is 0.560. The van der Waals surface area contributed by atoms with Crippen LogP contribution in [0, 0.1) is 10.1 Å². The molecule has 0 aliphatic heterocycles. The van der Waals surface area contributed by atoms with Crippen LogP contribution in [-0.2, 0) is 4.79 Å². The number of hydrogen-bond donors (Lipinski definition) is 1. The third-order valence-corrected chi connectivity index (χ3v) is 5.15. The number of hydrogen-bond acceptors (Lipinski definition) is 3. The van der Waals surface area contributed by atoms with Gasteiger partial charge in [-0.2, -0.15) is 0 Å². The molecule has 0 radical (unpaired) electrons. The van der Waals surface area contributed by atoms with Crippen LogP contribution in [0.15, 0.2) is 42.5 Å². The standard InChI is InChI=1S/C25H37NO4/c27-25(28)18-16-14-12-10-8-6-4-2-1-3-5-7-9-11-13-15-17-23-19-21-24(22-20-23)26(29)30/h11,13,15,17,19-22H,1-10,12,14,16,18H2,(H,27,28). The summed E-state index contributed by atoms with van der Waals surface area (Å²) in [5, 5.41) is 19.2. The molecule has 0 bridgehead atoms. The lowest BCUT2D eigenvalue weighted by molar-refractivity contribution is -0.384. The van der Waals surface area contributed by atoms with Crippen LogP contribution < -0.4 is 0 Å². The van der Waals surface area contributed by atoms with E-state index in [0.717, 1.165) is 24.8 Å². The Morgan fingerprint density at radius 2 is 1.30 bits per heavy atom. The van der Waals surface area contributed by atoms with Crippen LogP contribution in [0.2, 0.25) is 0 Å². The highest BCUT2D eigenvalue weighted by Gasteiger charge is 2.01. The number of unbranched alkanes of at least 4 members (excludes halogenated alkanes) is 12. The smallest absolute Gasteiger partial charge is 0.303 e. The normalized spacial score (nSPS) is 11.5. The maximum Gasteiger partial charge on any atom is 0.303 e. The van der Waals surface area contributed by atoms with E-state index in [1.54, 1.807) is 12.1 Å². The number of nitro benzene ring substituents is 1. The van der Waals surface area contributed by atoms with Gasteiger partial charge < -0.3 is 5.11 Å². The van der Waals surface area contributed by atoms with Crippen LogP contribution in [0.3, 0.4) is 0 Å². The van der Waals surface area contributed by atoms with Crippen LogP contribution in [0.1, 0.15) is 95.5 Å². The molecule has 0 unspecified atom stereocenters. The van der Waals surface area contributed by atoms with Crippen molar-refractivity contribution in [2.24, 2.45) is 0 Å². The highest BCUT2D eigenvalue weighted by atomic mass is 16.6. The van der Waals surface area contributed by atoms with Crippen molar-refractivity contribution < 1.29 is 14.8 Å². The van der Waals surface area contributed by atoms with E-state index >= 15 is 0 Å². The Kier molecular flexibility index (Phi) is 14.9. The van der Waals surface area contributed by atoms with Crippen molar-refractivity contribution in [2.45, 2.75) is 89.9 Å². The number of carboxylic acid groups (broad SMARTS) is 1. The molecule has 1 N–H and O–H groups in total. The van der Waals surface area contributed by atoms with Crippen LogP contribution in [0.4, 0.5) is 5.69 Å². The first-order valence-electron chi connectivity index (χ1n) is 11.4. The van der Waals surface area contributed by atoms with Crippen molar-refractivity contribution in [3.8, 4) is 0 Å². The fourth-order valence-corrected chi connectivity index (χ4v) is 3.35. The Bertz CT molecular complexity index is 650. The summed E-state index contributed by atoms with van der Waals surface area (Å²) in [6.07, 6.45) is 24.2. The Hall–Kier alpha value is -2.43. The Morgan fingerprint density at radius 3 is 1.80 bits per heavy atom. The second-order valence-electron chi connectivity index (χ2n) is 7.81. The molecule has 0 heterocycles. The van der Waals surface area contributed by atoms with Gasteiger partial charge in [-0.05, 0) is 37.0 Å². The average molecular weight is 416 g/mol. The van der Waals surface area contributed by atoms with Gasteiger partial charge in [-0.1, -0.05) is 88.5 Å². The number of nitro groups is 1. The minimum absolute atomic E-state index is 0.118. The molecular weight excluding hydrogens is 378 g/mol. The Labute approximate surface area is 181 Å². The number of nitrogens with zero attached hydrogens (tertiary/aromatic N) is 1. The zero-order chi connectivity index (χ0) is 21.9. The summed E-state index contributed by atoms with van der Waals surface area (Å²) < 4.78 is 0. The SMILES string of the molecule is O=C(O)CCCCCCCCCCCCCCC=CC=Cc1ccc([N+](=O)[O-])cc1. The summed E-state index contributed by atoms with van der Waals surface area (Å²) in [5.41, 5.74) is 1.08. The average Bonchev–Trinajstić information content (AvgIpc) is 2.73. The summed E-state index contributed by atoms with van der Waals surface area (Å²) in [6.45, 7) is 0. The number of carbonyl (C=O) groups is 1. The molecule has 0 saturated carbocycles. The highest BCUT2D eigenvalue weighted by molar-refractivity contribution is 5.66. The van der Waals surface area contributed by atoms with Crippen molar-refractivity contribution >= 4 is 17.7 Å². The molecule has 5 nitrogen and oxygen atoms in total. The zero-order valence-electron chi connectivity index (χ0n) is 18.1. The van der Waals surface area contributed by atoms with Crippen molar-refractivity contribution in [2.75, 3.05) is 0 Å². The summed E-state index contributed by atoms with van der Waals surface area (Å²) in [7, 11) is 0. The van der Waals surface area contributed by atoms with Gasteiger partial charge in [-0.25, -0.2) is 0 Å². The van der Waals surface area contributed by atoms with Gasteiger partial charge >= 0.3 is 5.97 Å². The predicted molar refractivity (Wildman–Crippen MR) is 124 cm³/mol. The number of allylic oxidation sites excluding steroid dienone is 3. The van der Waals surface area contributed by atoms with E-state index in [1.807, 2.05) is 18.2 Å². The van der Waals surface area contributed by atoms with E-state index in [-0.39, 0.29) is 10.6 Å². The summed E-state index contributed by atoms with van der Waals surface area (Å²) >= 11 is 0. The van der Waals surface area contributed by atoms with E-state index in [0.29, 0.717) is 6.42 Å². The topological polar surface area (TPSA) is 80.4 Å². The predicted octanol–water partition coefficient (Wildman–Crippen LogP) is 7.71. The Morgan fingerprint density at radius 1 is 0.800 bits per heavy atom. The molecule has 0 spiro atoms. The van der Waals surface area contributed by atoms with Gasteiger partial charge in [0.15, 0.2) is 0 Å². The molecule has 0 amide bonds. The largest absolute Gasteiger partial charge is 0.481 e. The Balaban J connectivity index is 1.88. The van der Waals surface area contributed by atoms with Gasteiger partial charge in [-0.3, -0.25) is 14.9 Å². The van der Waals surface area contributed by atoms with E-state index in [9.17, 15) is 14.9 Å². The first-order chi connectivity index (χ1) is 14.6. The van der Waals surface area contributed by atoms with Gasteiger partial charge in [0.2, 0.25) is 0 Å². The first kappa shape index (κ1) is 25.6. The summed E-state index contributed by atoms with van der Waals surface area (Å²) in [4.78, 5) is 20.6. The maximum atomic E-state index is 10.6. The number of carboxylic acids is 1.